The Morgan fingerprint density at radius 2 is 2.43 bits per heavy atom. The monoisotopic (exact) mass is 211 g/mol. The maximum Gasteiger partial charge on any atom is 0.119 e. The molecule has 0 radical (unpaired) electrons. The summed E-state index contributed by atoms with van der Waals surface area (Å²) in [6.07, 6.45) is 0. The summed E-state index contributed by atoms with van der Waals surface area (Å²) in [7, 11) is 1.68. The lowest BCUT2D eigenvalue weighted by atomic mass is 10.0. The number of benzene rings is 1. The summed E-state index contributed by atoms with van der Waals surface area (Å²) < 4.78 is 5.18. The van der Waals surface area contributed by atoms with Crippen LogP contribution in [-0.2, 0) is 4.84 Å². The Labute approximate surface area is 87.5 Å². The average molecular weight is 211 g/mol. The number of ether oxygens (including phenoxy) is 1. The van der Waals surface area contributed by atoms with Crippen LogP contribution >= 0.6 is 11.8 Å². The zero-order valence-electron chi connectivity index (χ0n) is 8.03. The standard InChI is InChI=1S/C10H13NO2S/c1-12-8-2-3-10-9(4-8)7(5-13-11)6-14-10/h2-4,7H,5-6,11H2,1H3. The van der Waals surface area contributed by atoms with E-state index in [-0.39, 0.29) is 0 Å². The van der Waals surface area contributed by atoms with Crippen LogP contribution < -0.4 is 10.6 Å². The number of thioether (sulfide) groups is 1. The third kappa shape index (κ3) is 1.73. The quantitative estimate of drug-likeness (QED) is 0.774. The average Bonchev–Trinajstić information content (AvgIpc) is 2.61. The van der Waals surface area contributed by atoms with Crippen LogP contribution in [-0.4, -0.2) is 19.5 Å². The van der Waals surface area contributed by atoms with Crippen LogP contribution in [0.4, 0.5) is 0 Å². The lowest BCUT2D eigenvalue weighted by molar-refractivity contribution is 0.128. The van der Waals surface area contributed by atoms with Crippen molar-refractivity contribution in [3.8, 4) is 5.75 Å². The predicted molar refractivity (Wildman–Crippen MR) is 56.6 cm³/mol. The second-order valence-electron chi connectivity index (χ2n) is 3.25. The van der Waals surface area contributed by atoms with Crippen molar-refractivity contribution in [2.24, 2.45) is 5.90 Å². The van der Waals surface area contributed by atoms with Gasteiger partial charge in [-0.3, -0.25) is 0 Å². The molecule has 2 N–H and O–H groups in total. The van der Waals surface area contributed by atoms with Crippen molar-refractivity contribution in [3.63, 3.8) is 0 Å². The Balaban J connectivity index is 2.27. The maximum absolute atomic E-state index is 5.18. The Kier molecular flexibility index (Phi) is 2.96. The van der Waals surface area contributed by atoms with Gasteiger partial charge in [0.2, 0.25) is 0 Å². The molecule has 14 heavy (non-hydrogen) atoms. The van der Waals surface area contributed by atoms with E-state index >= 15 is 0 Å². The van der Waals surface area contributed by atoms with Crippen molar-refractivity contribution < 1.29 is 9.57 Å². The molecule has 1 aliphatic heterocycles. The van der Waals surface area contributed by atoms with Gasteiger partial charge >= 0.3 is 0 Å². The van der Waals surface area contributed by atoms with Crippen molar-refractivity contribution in [1.29, 1.82) is 0 Å². The van der Waals surface area contributed by atoms with Gasteiger partial charge < -0.3 is 9.57 Å². The van der Waals surface area contributed by atoms with Crippen LogP contribution in [0.3, 0.4) is 0 Å². The van der Waals surface area contributed by atoms with E-state index in [1.807, 2.05) is 17.8 Å². The first-order chi connectivity index (χ1) is 6.85. The van der Waals surface area contributed by atoms with Gasteiger partial charge in [-0.15, -0.1) is 11.8 Å². The fraction of sp³-hybridized carbons (Fsp3) is 0.400. The number of nitrogens with two attached hydrogens (primary N) is 1. The van der Waals surface area contributed by atoms with Gasteiger partial charge in [0.15, 0.2) is 0 Å². The van der Waals surface area contributed by atoms with Crippen molar-refractivity contribution in [2.45, 2.75) is 10.8 Å². The van der Waals surface area contributed by atoms with Crippen LogP contribution in [0.15, 0.2) is 23.1 Å². The van der Waals surface area contributed by atoms with Gasteiger partial charge in [-0.2, -0.15) is 0 Å². The van der Waals surface area contributed by atoms with E-state index in [2.05, 4.69) is 12.1 Å². The fourth-order valence-corrected chi connectivity index (χ4v) is 2.85. The number of rotatable bonds is 3. The lowest BCUT2D eigenvalue weighted by Gasteiger charge is -2.09. The molecule has 4 heteroatoms. The van der Waals surface area contributed by atoms with Gasteiger partial charge in [-0.25, -0.2) is 5.90 Å². The maximum atomic E-state index is 5.18. The molecule has 0 aromatic heterocycles. The molecule has 3 nitrogen and oxygen atoms in total. The number of methoxy groups -OCH3 is 1. The summed E-state index contributed by atoms with van der Waals surface area (Å²) in [5, 5.41) is 0. The molecule has 2 rings (SSSR count). The van der Waals surface area contributed by atoms with Crippen molar-refractivity contribution in [2.75, 3.05) is 19.5 Å². The molecular formula is C10H13NO2S. The molecule has 1 atom stereocenters. The summed E-state index contributed by atoms with van der Waals surface area (Å²) in [6, 6.07) is 6.14. The van der Waals surface area contributed by atoms with Gasteiger partial charge in [-0.1, -0.05) is 0 Å². The predicted octanol–water partition coefficient (Wildman–Crippen LogP) is 1.77. The largest absolute Gasteiger partial charge is 0.497 e. The first-order valence-corrected chi connectivity index (χ1v) is 5.46. The molecule has 1 unspecified atom stereocenters. The molecule has 1 aliphatic rings. The highest BCUT2D eigenvalue weighted by Crippen LogP contribution is 2.41. The van der Waals surface area contributed by atoms with E-state index in [1.54, 1.807) is 7.11 Å². The smallest absolute Gasteiger partial charge is 0.119 e. The van der Waals surface area contributed by atoms with E-state index < -0.39 is 0 Å². The third-order valence-corrected chi connectivity index (χ3v) is 3.65. The van der Waals surface area contributed by atoms with Crippen molar-refractivity contribution in [1.82, 2.24) is 0 Å². The zero-order chi connectivity index (χ0) is 9.97. The molecule has 0 bridgehead atoms. The molecule has 0 amide bonds. The number of fused-ring (bicyclic) bond motifs is 1. The topological polar surface area (TPSA) is 44.5 Å². The minimum Gasteiger partial charge on any atom is -0.497 e. The summed E-state index contributed by atoms with van der Waals surface area (Å²) in [5.41, 5.74) is 1.29. The van der Waals surface area contributed by atoms with Gasteiger partial charge in [0.05, 0.1) is 13.7 Å². The lowest BCUT2D eigenvalue weighted by Crippen LogP contribution is -2.10. The van der Waals surface area contributed by atoms with Crippen LogP contribution in [0.25, 0.3) is 0 Å². The van der Waals surface area contributed by atoms with Gasteiger partial charge in [0, 0.05) is 16.6 Å². The van der Waals surface area contributed by atoms with E-state index in [1.165, 1.54) is 10.5 Å². The second kappa shape index (κ2) is 4.21. The third-order valence-electron chi connectivity index (χ3n) is 2.39. The first-order valence-electron chi connectivity index (χ1n) is 4.47. The molecule has 1 aromatic rings. The normalized spacial score (nSPS) is 19.4. The number of hydrogen-bond donors (Lipinski definition) is 1. The van der Waals surface area contributed by atoms with E-state index in [0.29, 0.717) is 12.5 Å². The Morgan fingerprint density at radius 1 is 1.57 bits per heavy atom. The van der Waals surface area contributed by atoms with Crippen LogP contribution in [0.2, 0.25) is 0 Å². The molecule has 0 spiro atoms. The zero-order valence-corrected chi connectivity index (χ0v) is 8.84. The Morgan fingerprint density at radius 3 is 3.14 bits per heavy atom. The van der Waals surface area contributed by atoms with E-state index in [9.17, 15) is 0 Å². The highest BCUT2D eigenvalue weighted by Gasteiger charge is 2.23. The fourth-order valence-electron chi connectivity index (χ4n) is 1.64. The highest BCUT2D eigenvalue weighted by atomic mass is 32.2. The highest BCUT2D eigenvalue weighted by molar-refractivity contribution is 7.99. The second-order valence-corrected chi connectivity index (χ2v) is 4.31. The molecule has 0 fully saturated rings. The van der Waals surface area contributed by atoms with Crippen molar-refractivity contribution in [3.05, 3.63) is 23.8 Å². The van der Waals surface area contributed by atoms with Crippen LogP contribution in [0.1, 0.15) is 11.5 Å². The summed E-state index contributed by atoms with van der Waals surface area (Å²) in [4.78, 5) is 6.01. The molecular weight excluding hydrogens is 198 g/mol. The molecule has 76 valence electrons. The van der Waals surface area contributed by atoms with E-state index in [4.69, 9.17) is 15.5 Å². The Hall–Kier alpha value is -0.710. The van der Waals surface area contributed by atoms with Crippen LogP contribution in [0, 0.1) is 0 Å². The van der Waals surface area contributed by atoms with Crippen molar-refractivity contribution >= 4 is 11.8 Å². The molecule has 1 aromatic carbocycles. The molecule has 0 saturated carbocycles. The minimum atomic E-state index is 0.398. The van der Waals surface area contributed by atoms with E-state index in [0.717, 1.165) is 11.5 Å². The minimum absolute atomic E-state index is 0.398. The molecule has 0 aliphatic carbocycles. The van der Waals surface area contributed by atoms with Gasteiger partial charge in [0.25, 0.3) is 0 Å². The van der Waals surface area contributed by atoms with Crippen LogP contribution in [0.5, 0.6) is 5.75 Å². The summed E-state index contributed by atoms with van der Waals surface area (Å²) >= 11 is 1.84. The first kappa shape index (κ1) is 9.83. The summed E-state index contributed by atoms with van der Waals surface area (Å²) in [6.45, 7) is 0.577. The Bertz CT molecular complexity index is 328. The number of hydrogen-bond acceptors (Lipinski definition) is 4. The van der Waals surface area contributed by atoms with Gasteiger partial charge in [-0.05, 0) is 23.8 Å². The molecule has 1 heterocycles. The summed E-state index contributed by atoms with van der Waals surface area (Å²) in [5.74, 6) is 7.43. The molecule has 0 saturated heterocycles. The SMILES string of the molecule is COc1ccc2c(c1)C(CON)CS2. The van der Waals surface area contributed by atoms with Gasteiger partial charge in [0.1, 0.15) is 5.75 Å².